The Balaban J connectivity index is 3.29. The van der Waals surface area contributed by atoms with E-state index in [4.69, 9.17) is 0 Å². The number of carboxylic acid groups (broad SMARTS) is 1. The topological polar surface area (TPSA) is 77.5 Å². The highest BCUT2D eigenvalue weighted by Crippen LogP contribution is 2.14. The molecule has 0 bridgehead atoms. The lowest BCUT2D eigenvalue weighted by atomic mass is 10.2. The zero-order chi connectivity index (χ0) is 11.6. The third-order valence-corrected chi connectivity index (χ3v) is 3.66. The maximum absolute atomic E-state index is 11.6. The first kappa shape index (κ1) is 11.7. The Kier molecular flexibility index (Phi) is 3.11. The van der Waals surface area contributed by atoms with Gasteiger partial charge in [-0.05, 0) is 17.7 Å². The number of carboxylic acids is 1. The van der Waals surface area contributed by atoms with E-state index >= 15 is 0 Å². The van der Waals surface area contributed by atoms with Crippen molar-refractivity contribution in [2.75, 3.05) is 14.1 Å². The second-order valence-electron chi connectivity index (χ2n) is 3.10. The third-order valence-electron chi connectivity index (χ3n) is 1.85. The van der Waals surface area contributed by atoms with E-state index in [2.05, 4.69) is 0 Å². The van der Waals surface area contributed by atoms with Gasteiger partial charge in [-0.15, -0.1) is 0 Å². The van der Waals surface area contributed by atoms with Crippen LogP contribution in [-0.2, 0) is 10.0 Å². The van der Waals surface area contributed by atoms with E-state index in [-0.39, 0.29) is 10.5 Å². The van der Waals surface area contributed by atoms with Gasteiger partial charge < -0.3 is 9.90 Å². The molecule has 0 aliphatic rings. The molecule has 6 heteroatoms. The highest BCUT2D eigenvalue weighted by molar-refractivity contribution is 7.89. The number of carbonyl (C=O) groups excluding carboxylic acids is 1. The van der Waals surface area contributed by atoms with Crippen LogP contribution in [0.5, 0.6) is 0 Å². The molecule has 0 aliphatic carbocycles. The number of rotatable bonds is 3. The van der Waals surface area contributed by atoms with Gasteiger partial charge in [0, 0.05) is 14.1 Å². The second-order valence-corrected chi connectivity index (χ2v) is 5.25. The summed E-state index contributed by atoms with van der Waals surface area (Å²) >= 11 is 0. The third kappa shape index (κ3) is 2.34. The summed E-state index contributed by atoms with van der Waals surface area (Å²) in [7, 11) is -0.839. The zero-order valence-corrected chi connectivity index (χ0v) is 9.11. The number of sulfonamides is 1. The number of nitrogens with zero attached hydrogens (tertiary/aromatic N) is 1. The maximum Gasteiger partial charge on any atom is 0.242 e. The normalized spacial score (nSPS) is 11.7. The van der Waals surface area contributed by atoms with Crippen molar-refractivity contribution in [1.82, 2.24) is 4.31 Å². The molecule has 0 spiro atoms. The molecule has 82 valence electrons. The van der Waals surface area contributed by atoms with Crippen LogP contribution in [0.1, 0.15) is 10.4 Å². The predicted octanol–water partition coefficient (Wildman–Crippen LogP) is -0.700. The van der Waals surface area contributed by atoms with Gasteiger partial charge in [-0.3, -0.25) is 0 Å². The van der Waals surface area contributed by atoms with Gasteiger partial charge in [-0.25, -0.2) is 12.7 Å². The van der Waals surface area contributed by atoms with Crippen LogP contribution in [0.15, 0.2) is 29.2 Å². The van der Waals surface area contributed by atoms with E-state index in [1.54, 1.807) is 0 Å². The Morgan fingerprint density at radius 2 is 1.93 bits per heavy atom. The molecule has 0 aliphatic heterocycles. The highest BCUT2D eigenvalue weighted by Gasteiger charge is 2.17. The maximum atomic E-state index is 11.6. The smallest absolute Gasteiger partial charge is 0.242 e. The van der Waals surface area contributed by atoms with Crippen LogP contribution in [-0.4, -0.2) is 32.8 Å². The van der Waals surface area contributed by atoms with Crippen LogP contribution in [0.4, 0.5) is 0 Å². The van der Waals surface area contributed by atoms with Gasteiger partial charge in [-0.1, -0.05) is 12.1 Å². The first-order valence-corrected chi connectivity index (χ1v) is 5.53. The summed E-state index contributed by atoms with van der Waals surface area (Å²) in [6.45, 7) is 0. The lowest BCUT2D eigenvalue weighted by Gasteiger charge is -2.12. The summed E-state index contributed by atoms with van der Waals surface area (Å²) in [5.41, 5.74) is -0.155. The first-order valence-electron chi connectivity index (χ1n) is 4.09. The fourth-order valence-corrected chi connectivity index (χ4v) is 1.94. The molecule has 0 saturated heterocycles. The molecule has 1 aromatic rings. The van der Waals surface area contributed by atoms with Crippen molar-refractivity contribution >= 4 is 16.0 Å². The lowest BCUT2D eigenvalue weighted by Crippen LogP contribution is -2.25. The molecule has 0 amide bonds. The fourth-order valence-electron chi connectivity index (χ4n) is 0.994. The van der Waals surface area contributed by atoms with Crippen LogP contribution in [0, 0.1) is 0 Å². The minimum Gasteiger partial charge on any atom is -0.545 e. The zero-order valence-electron chi connectivity index (χ0n) is 8.30. The van der Waals surface area contributed by atoms with Gasteiger partial charge in [-0.2, -0.15) is 0 Å². The Labute approximate surface area is 88.0 Å². The predicted molar refractivity (Wildman–Crippen MR) is 51.6 cm³/mol. The molecule has 1 rings (SSSR count). The highest BCUT2D eigenvalue weighted by atomic mass is 32.2. The van der Waals surface area contributed by atoms with Crippen molar-refractivity contribution in [1.29, 1.82) is 0 Å². The van der Waals surface area contributed by atoms with Gasteiger partial charge in [0.05, 0.1) is 10.9 Å². The summed E-state index contributed by atoms with van der Waals surface area (Å²) in [5.74, 6) is -1.40. The van der Waals surface area contributed by atoms with E-state index < -0.39 is 16.0 Å². The van der Waals surface area contributed by atoms with Crippen molar-refractivity contribution < 1.29 is 18.3 Å². The number of benzene rings is 1. The monoisotopic (exact) mass is 228 g/mol. The SMILES string of the molecule is CN(C)S(=O)(=O)c1cccc(C(=O)[O-])c1. The second kappa shape index (κ2) is 4.00. The quantitative estimate of drug-likeness (QED) is 0.685. The average Bonchev–Trinajstić information content (AvgIpc) is 2.17. The summed E-state index contributed by atoms with van der Waals surface area (Å²) in [4.78, 5) is 10.5. The first-order chi connectivity index (χ1) is 6.85. The van der Waals surface area contributed by atoms with Crippen LogP contribution < -0.4 is 5.11 Å². The fraction of sp³-hybridized carbons (Fsp3) is 0.222. The summed E-state index contributed by atoms with van der Waals surface area (Å²) in [6, 6.07) is 5.05. The molecule has 0 saturated carbocycles. The molecule has 0 radical (unpaired) electrons. The molecule has 15 heavy (non-hydrogen) atoms. The molecular weight excluding hydrogens is 218 g/mol. The molecule has 0 atom stereocenters. The van der Waals surface area contributed by atoms with E-state index in [9.17, 15) is 18.3 Å². The molecule has 0 unspecified atom stereocenters. The molecular formula is C9H10NO4S-. The molecule has 0 N–H and O–H groups in total. The summed E-state index contributed by atoms with van der Waals surface area (Å²) in [6.07, 6.45) is 0. The number of aromatic carboxylic acids is 1. The Morgan fingerprint density at radius 1 is 1.33 bits per heavy atom. The lowest BCUT2D eigenvalue weighted by molar-refractivity contribution is -0.255. The summed E-state index contributed by atoms with van der Waals surface area (Å²) < 4.78 is 24.3. The van der Waals surface area contributed by atoms with Gasteiger partial charge in [0.25, 0.3) is 0 Å². The van der Waals surface area contributed by atoms with E-state index in [0.29, 0.717) is 0 Å². The van der Waals surface area contributed by atoms with Crippen LogP contribution in [0.2, 0.25) is 0 Å². The minimum absolute atomic E-state index is 0.0609. The molecule has 1 aromatic carbocycles. The van der Waals surface area contributed by atoms with E-state index in [1.165, 1.54) is 32.3 Å². The summed E-state index contributed by atoms with van der Waals surface area (Å²) in [5, 5.41) is 10.5. The van der Waals surface area contributed by atoms with Crippen molar-refractivity contribution in [3.8, 4) is 0 Å². The number of carbonyl (C=O) groups is 1. The largest absolute Gasteiger partial charge is 0.545 e. The minimum atomic E-state index is -3.59. The number of hydrogen-bond donors (Lipinski definition) is 0. The Bertz CT molecular complexity index is 479. The Hall–Kier alpha value is -1.40. The molecule has 0 fully saturated rings. The van der Waals surface area contributed by atoms with Gasteiger partial charge in [0.15, 0.2) is 0 Å². The molecule has 0 heterocycles. The van der Waals surface area contributed by atoms with Gasteiger partial charge in [0.2, 0.25) is 10.0 Å². The van der Waals surface area contributed by atoms with Gasteiger partial charge in [0.1, 0.15) is 0 Å². The molecule has 0 aromatic heterocycles. The van der Waals surface area contributed by atoms with Crippen LogP contribution in [0.3, 0.4) is 0 Å². The standard InChI is InChI=1S/C9H11NO4S/c1-10(2)15(13,14)8-5-3-4-7(6-8)9(11)12/h3-6H,1-2H3,(H,11,12)/p-1. The van der Waals surface area contributed by atoms with Crippen molar-refractivity contribution in [3.63, 3.8) is 0 Å². The number of hydrogen-bond acceptors (Lipinski definition) is 4. The Morgan fingerprint density at radius 3 is 2.40 bits per heavy atom. The van der Waals surface area contributed by atoms with Crippen molar-refractivity contribution in [2.24, 2.45) is 0 Å². The van der Waals surface area contributed by atoms with E-state index in [1.807, 2.05) is 0 Å². The van der Waals surface area contributed by atoms with Crippen LogP contribution in [0.25, 0.3) is 0 Å². The van der Waals surface area contributed by atoms with Crippen LogP contribution >= 0.6 is 0 Å². The van der Waals surface area contributed by atoms with E-state index in [0.717, 1.165) is 10.4 Å². The van der Waals surface area contributed by atoms with Crippen molar-refractivity contribution in [3.05, 3.63) is 29.8 Å². The average molecular weight is 228 g/mol. The molecule has 5 nitrogen and oxygen atoms in total. The van der Waals surface area contributed by atoms with Gasteiger partial charge >= 0.3 is 0 Å². The van der Waals surface area contributed by atoms with Crippen molar-refractivity contribution in [2.45, 2.75) is 4.90 Å².